The molecule has 2 aliphatic heterocycles. The van der Waals surface area contributed by atoms with Crippen LogP contribution in [0, 0.1) is 11.3 Å². The molecule has 49 heavy (non-hydrogen) atoms. The molecule has 1 unspecified atom stereocenters. The van der Waals surface area contributed by atoms with E-state index in [2.05, 4.69) is 15.6 Å². The van der Waals surface area contributed by atoms with E-state index in [-0.39, 0.29) is 64.8 Å². The van der Waals surface area contributed by atoms with Crippen molar-refractivity contribution in [2.75, 3.05) is 25.0 Å². The molecule has 2 amide bonds. The van der Waals surface area contributed by atoms with Gasteiger partial charge in [-0.3, -0.25) is 19.5 Å². The minimum atomic E-state index is -4.42. The van der Waals surface area contributed by atoms with Crippen LogP contribution in [0.1, 0.15) is 40.7 Å². The Kier molecular flexibility index (Phi) is 10.9. The number of sulfonamides is 1. The van der Waals surface area contributed by atoms with Crippen LogP contribution < -0.4 is 10.6 Å². The number of amides is 2. The lowest BCUT2D eigenvalue weighted by molar-refractivity contribution is -0.142. The van der Waals surface area contributed by atoms with Crippen LogP contribution in [-0.4, -0.2) is 89.2 Å². The predicted octanol–water partition coefficient (Wildman–Crippen LogP) is 4.19. The van der Waals surface area contributed by atoms with Gasteiger partial charge in [0.05, 0.1) is 38.7 Å². The number of benzene rings is 2. The van der Waals surface area contributed by atoms with E-state index in [0.29, 0.717) is 11.3 Å². The first kappa shape index (κ1) is 36.1. The normalized spacial score (nSPS) is 20.2. The molecular formula is C32H30Cl2F2N6O6S. The Morgan fingerprint density at radius 2 is 1.82 bits per heavy atom. The molecule has 1 aromatic heterocycles. The smallest absolute Gasteiger partial charge is 0.326 e. The number of aromatic nitrogens is 1. The topological polar surface area (TPSA) is 173 Å². The van der Waals surface area contributed by atoms with Crippen LogP contribution in [-0.2, 0) is 26.0 Å². The molecule has 3 heterocycles. The molecule has 0 spiro atoms. The maximum Gasteiger partial charge on any atom is 0.326 e. The fourth-order valence-electron chi connectivity index (χ4n) is 5.97. The van der Waals surface area contributed by atoms with Gasteiger partial charge >= 0.3 is 5.97 Å². The number of carboxylic acid groups (broad SMARTS) is 1. The third-order valence-electron chi connectivity index (χ3n) is 8.39. The Balaban J connectivity index is 1.33. The highest BCUT2D eigenvalue weighted by molar-refractivity contribution is 7.89. The van der Waals surface area contributed by atoms with Gasteiger partial charge in [-0.15, -0.1) is 0 Å². The van der Waals surface area contributed by atoms with Crippen molar-refractivity contribution in [2.24, 2.45) is 0 Å². The van der Waals surface area contributed by atoms with Crippen LogP contribution in [0.4, 0.5) is 14.5 Å². The van der Waals surface area contributed by atoms with E-state index >= 15 is 0 Å². The summed E-state index contributed by atoms with van der Waals surface area (Å²) in [6.07, 6.45) is 2.07. The number of halogens is 4. The Morgan fingerprint density at radius 3 is 2.45 bits per heavy atom. The monoisotopic (exact) mass is 734 g/mol. The highest BCUT2D eigenvalue weighted by atomic mass is 35.5. The van der Waals surface area contributed by atoms with E-state index in [1.54, 1.807) is 0 Å². The molecule has 3 atom stereocenters. The lowest BCUT2D eigenvalue weighted by Gasteiger charge is -2.36. The fourth-order valence-corrected chi connectivity index (χ4v) is 8.19. The van der Waals surface area contributed by atoms with Crippen LogP contribution in [0.5, 0.6) is 0 Å². The van der Waals surface area contributed by atoms with Gasteiger partial charge in [0.1, 0.15) is 12.1 Å². The van der Waals surface area contributed by atoms with Crippen molar-refractivity contribution in [3.8, 4) is 6.07 Å². The highest BCUT2D eigenvalue weighted by Gasteiger charge is 2.48. The summed E-state index contributed by atoms with van der Waals surface area (Å²) in [5, 5.41) is 24.5. The predicted molar refractivity (Wildman–Crippen MR) is 175 cm³/mol. The van der Waals surface area contributed by atoms with Gasteiger partial charge in [-0.1, -0.05) is 41.4 Å². The molecule has 12 nitrogen and oxygen atoms in total. The summed E-state index contributed by atoms with van der Waals surface area (Å²) in [6, 6.07) is 9.52. The number of nitrogens with one attached hydrogen (secondary N) is 2. The van der Waals surface area contributed by atoms with Crippen molar-refractivity contribution in [1.29, 1.82) is 5.26 Å². The first-order valence-electron chi connectivity index (χ1n) is 15.0. The maximum atomic E-state index is 14.3. The average Bonchev–Trinajstić information content (AvgIpc) is 3.52. The fraction of sp³-hybridized carbons (Fsp3) is 0.344. The molecular weight excluding hydrogens is 705 g/mol. The van der Waals surface area contributed by atoms with Gasteiger partial charge in [0, 0.05) is 43.5 Å². The molecule has 5 rings (SSSR count). The van der Waals surface area contributed by atoms with Crippen LogP contribution in [0.15, 0.2) is 65.8 Å². The van der Waals surface area contributed by atoms with Crippen molar-refractivity contribution in [1.82, 2.24) is 19.5 Å². The summed E-state index contributed by atoms with van der Waals surface area (Å²) in [6.45, 7) is -0.599. The summed E-state index contributed by atoms with van der Waals surface area (Å²) in [5.74, 6) is -5.87. The summed E-state index contributed by atoms with van der Waals surface area (Å²) in [7, 11) is -4.42. The SMILES string of the molecule is N#Cc1cccc(S(=O)(=O)N2C[C@H](N3CCCC(F)(F)C3)C[C@H]2C(=O)NC(Cc2ccc(NC(=O)c3c(Cl)cncc3Cl)cc2)C(=O)O)c1. The Bertz CT molecular complexity index is 1890. The zero-order valence-corrected chi connectivity index (χ0v) is 28.0. The molecule has 2 aromatic carbocycles. The summed E-state index contributed by atoms with van der Waals surface area (Å²) in [5.41, 5.74) is 0.890. The number of anilines is 1. The molecule has 2 saturated heterocycles. The number of nitriles is 1. The van der Waals surface area contributed by atoms with Crippen LogP contribution in [0.3, 0.4) is 0 Å². The van der Waals surface area contributed by atoms with Crippen LogP contribution >= 0.6 is 23.2 Å². The maximum absolute atomic E-state index is 14.3. The molecule has 258 valence electrons. The largest absolute Gasteiger partial charge is 0.480 e. The highest BCUT2D eigenvalue weighted by Crippen LogP contribution is 2.34. The third kappa shape index (κ3) is 8.34. The average molecular weight is 736 g/mol. The molecule has 0 saturated carbocycles. The van der Waals surface area contributed by atoms with Gasteiger partial charge in [-0.05, 0) is 55.3 Å². The number of nitrogens with zero attached hydrogens (tertiary/aromatic N) is 4. The third-order valence-corrected chi connectivity index (χ3v) is 10.8. The molecule has 2 fully saturated rings. The van der Waals surface area contributed by atoms with E-state index in [4.69, 9.17) is 23.2 Å². The number of aliphatic carboxylic acids is 1. The van der Waals surface area contributed by atoms with E-state index in [1.165, 1.54) is 59.8 Å². The molecule has 3 N–H and O–H groups in total. The zero-order valence-electron chi connectivity index (χ0n) is 25.7. The number of carboxylic acids is 1. The standard InChI is InChI=1S/C32H30Cl2F2N6O6S/c33-24-15-38-16-25(34)28(24)30(44)39-21-7-5-19(6-8-21)12-26(31(45)46)40-29(43)27-13-22(41-10-2-9-32(35,36)18-41)17-42(27)49(47,48)23-4-1-3-20(11-23)14-37/h1,3-8,11,15-16,22,26-27H,2,9-10,12-13,17-18H2,(H,39,44)(H,40,43)(H,45,46)/t22-,26?,27+/m1/s1. The first-order valence-corrected chi connectivity index (χ1v) is 17.2. The Labute approximate surface area is 290 Å². The number of pyridine rings is 1. The van der Waals surface area contributed by atoms with Gasteiger partial charge in [0.2, 0.25) is 15.9 Å². The van der Waals surface area contributed by atoms with Gasteiger partial charge in [0.25, 0.3) is 11.8 Å². The Morgan fingerprint density at radius 1 is 1.12 bits per heavy atom. The number of carbonyl (C=O) groups is 3. The second-order valence-electron chi connectivity index (χ2n) is 11.8. The van der Waals surface area contributed by atoms with Gasteiger partial charge < -0.3 is 15.7 Å². The first-order chi connectivity index (χ1) is 23.2. The van der Waals surface area contributed by atoms with Gasteiger partial charge in [-0.25, -0.2) is 22.0 Å². The lowest BCUT2D eigenvalue weighted by Crippen LogP contribution is -2.51. The van der Waals surface area contributed by atoms with E-state index in [1.807, 2.05) is 6.07 Å². The number of carbonyl (C=O) groups excluding carboxylic acids is 2. The van der Waals surface area contributed by atoms with Crippen molar-refractivity contribution < 1.29 is 36.7 Å². The second kappa shape index (κ2) is 14.7. The number of hydrogen-bond donors (Lipinski definition) is 3. The molecule has 2 aliphatic rings. The summed E-state index contributed by atoms with van der Waals surface area (Å²) < 4.78 is 57.2. The Hall–Kier alpha value is -4.20. The van der Waals surface area contributed by atoms with Gasteiger partial charge in [0.15, 0.2) is 0 Å². The summed E-state index contributed by atoms with van der Waals surface area (Å²) >= 11 is 12.1. The minimum absolute atomic E-state index is 0.0213. The second-order valence-corrected chi connectivity index (χ2v) is 14.5. The molecule has 3 aromatic rings. The van der Waals surface area contributed by atoms with Crippen LogP contribution in [0.2, 0.25) is 10.0 Å². The summed E-state index contributed by atoms with van der Waals surface area (Å²) in [4.78, 5) is 43.7. The zero-order chi connectivity index (χ0) is 35.5. The quantitative estimate of drug-likeness (QED) is 0.276. The van der Waals surface area contributed by atoms with Crippen molar-refractivity contribution in [3.05, 3.63) is 87.7 Å². The van der Waals surface area contributed by atoms with E-state index in [0.717, 1.165) is 10.4 Å². The van der Waals surface area contributed by atoms with Crippen molar-refractivity contribution >= 4 is 56.7 Å². The van der Waals surface area contributed by atoms with Crippen LogP contribution in [0.25, 0.3) is 0 Å². The lowest BCUT2D eigenvalue weighted by atomic mass is 10.0. The minimum Gasteiger partial charge on any atom is -0.480 e. The number of likely N-dealkylation sites (tertiary alicyclic amines) is 1. The number of alkyl halides is 2. The number of piperidine rings is 1. The van der Waals surface area contributed by atoms with Gasteiger partial charge in [-0.2, -0.15) is 9.57 Å². The molecule has 0 radical (unpaired) electrons. The molecule has 0 aliphatic carbocycles. The van der Waals surface area contributed by atoms with E-state index in [9.17, 15) is 42.0 Å². The van der Waals surface area contributed by atoms with E-state index < -0.39 is 58.4 Å². The number of hydrogen-bond acceptors (Lipinski definition) is 8. The van der Waals surface area contributed by atoms with Crippen molar-refractivity contribution in [2.45, 2.75) is 54.6 Å². The number of rotatable bonds is 10. The molecule has 17 heteroatoms. The molecule has 0 bridgehead atoms. The van der Waals surface area contributed by atoms with Crippen molar-refractivity contribution in [3.63, 3.8) is 0 Å².